The molecule has 2 heterocycles. The van der Waals surface area contributed by atoms with E-state index in [4.69, 9.17) is 11.6 Å². The molecule has 0 aliphatic carbocycles. The Morgan fingerprint density at radius 1 is 1.14 bits per heavy atom. The van der Waals surface area contributed by atoms with Crippen LogP contribution in [0, 0.1) is 6.92 Å². The van der Waals surface area contributed by atoms with Crippen molar-refractivity contribution in [1.82, 2.24) is 19.2 Å². The molecule has 0 aliphatic heterocycles. The van der Waals surface area contributed by atoms with Gasteiger partial charge in [0.1, 0.15) is 5.52 Å². The first kappa shape index (κ1) is 18.3. The van der Waals surface area contributed by atoms with Crippen LogP contribution in [0.4, 0.5) is 0 Å². The Kier molecular flexibility index (Phi) is 4.23. The summed E-state index contributed by atoms with van der Waals surface area (Å²) in [6.45, 7) is 1.94. The summed E-state index contributed by atoms with van der Waals surface area (Å²) in [6, 6.07) is 12.8. The number of hydrogen-bond donors (Lipinski definition) is 0. The molecule has 142 valence electrons. The van der Waals surface area contributed by atoms with Crippen molar-refractivity contribution in [2.75, 3.05) is 14.1 Å². The van der Waals surface area contributed by atoms with Crippen LogP contribution in [-0.2, 0) is 7.05 Å². The molecule has 0 atom stereocenters. The molecule has 7 heteroatoms. The lowest BCUT2D eigenvalue weighted by Crippen LogP contribution is -2.29. The van der Waals surface area contributed by atoms with Crippen molar-refractivity contribution in [2.45, 2.75) is 6.92 Å². The van der Waals surface area contributed by atoms with E-state index in [2.05, 4.69) is 5.10 Å². The first-order chi connectivity index (χ1) is 13.3. The highest BCUT2D eigenvalue weighted by atomic mass is 35.5. The Labute approximate surface area is 166 Å². The fourth-order valence-electron chi connectivity index (χ4n) is 3.49. The Morgan fingerprint density at radius 2 is 1.89 bits per heavy atom. The second-order valence-corrected chi connectivity index (χ2v) is 7.48. The molecular formula is C21H19ClN4O2. The van der Waals surface area contributed by atoms with Crippen molar-refractivity contribution in [2.24, 2.45) is 7.05 Å². The van der Waals surface area contributed by atoms with E-state index in [0.29, 0.717) is 21.6 Å². The number of aromatic nitrogens is 3. The summed E-state index contributed by atoms with van der Waals surface area (Å²) < 4.78 is 3.08. The van der Waals surface area contributed by atoms with Crippen LogP contribution in [0.3, 0.4) is 0 Å². The van der Waals surface area contributed by atoms with Crippen molar-refractivity contribution in [3.8, 4) is 5.69 Å². The zero-order valence-corrected chi connectivity index (χ0v) is 16.8. The maximum atomic E-state index is 13.4. The van der Waals surface area contributed by atoms with Gasteiger partial charge >= 0.3 is 0 Å². The third kappa shape index (κ3) is 2.68. The molecule has 0 spiro atoms. The van der Waals surface area contributed by atoms with Crippen LogP contribution in [0.25, 0.3) is 27.5 Å². The Hall–Kier alpha value is -3.12. The molecule has 2 aromatic carbocycles. The van der Waals surface area contributed by atoms with Crippen LogP contribution in [0.15, 0.2) is 47.3 Å². The number of nitrogens with zero attached hydrogens (tertiary/aromatic N) is 4. The summed E-state index contributed by atoms with van der Waals surface area (Å²) >= 11 is 6.17. The highest BCUT2D eigenvalue weighted by molar-refractivity contribution is 6.31. The second-order valence-electron chi connectivity index (χ2n) is 7.05. The average molecular weight is 395 g/mol. The molecule has 0 saturated heterocycles. The third-order valence-electron chi connectivity index (χ3n) is 4.85. The normalized spacial score (nSPS) is 11.3. The molecule has 0 aliphatic rings. The van der Waals surface area contributed by atoms with Gasteiger partial charge in [-0.05, 0) is 36.8 Å². The molecule has 28 heavy (non-hydrogen) atoms. The van der Waals surface area contributed by atoms with Crippen LogP contribution in [0.5, 0.6) is 0 Å². The number of rotatable bonds is 2. The van der Waals surface area contributed by atoms with E-state index < -0.39 is 0 Å². The predicted molar refractivity (Wildman–Crippen MR) is 112 cm³/mol. The predicted octanol–water partition coefficient (Wildman–Crippen LogP) is 3.54. The lowest BCUT2D eigenvalue weighted by atomic mass is 10.1. The smallest absolute Gasteiger partial charge is 0.296 e. The number of carbonyl (C=O) groups excluding carboxylic acids is 1. The van der Waals surface area contributed by atoms with Gasteiger partial charge in [-0.15, -0.1) is 0 Å². The summed E-state index contributed by atoms with van der Waals surface area (Å²) in [5.74, 6) is -0.270. The molecule has 0 unspecified atom stereocenters. The van der Waals surface area contributed by atoms with Gasteiger partial charge < -0.3 is 9.47 Å². The summed E-state index contributed by atoms with van der Waals surface area (Å²) in [5.41, 5.74) is 2.74. The molecule has 0 N–H and O–H groups in total. The van der Waals surface area contributed by atoms with Gasteiger partial charge in [0.25, 0.3) is 11.5 Å². The van der Waals surface area contributed by atoms with Gasteiger partial charge in [0.2, 0.25) is 0 Å². The van der Waals surface area contributed by atoms with E-state index in [9.17, 15) is 9.59 Å². The first-order valence-corrected chi connectivity index (χ1v) is 9.17. The van der Waals surface area contributed by atoms with Crippen LogP contribution in [0.1, 0.15) is 16.1 Å². The molecule has 4 aromatic rings. The van der Waals surface area contributed by atoms with E-state index in [-0.39, 0.29) is 17.2 Å². The van der Waals surface area contributed by atoms with Crippen molar-refractivity contribution >= 4 is 39.3 Å². The molecule has 0 saturated carbocycles. The number of halogens is 1. The molecule has 0 radical (unpaired) electrons. The zero-order chi connectivity index (χ0) is 20.2. The van der Waals surface area contributed by atoms with Crippen LogP contribution in [-0.4, -0.2) is 39.3 Å². The lowest BCUT2D eigenvalue weighted by Gasteiger charge is -2.13. The SMILES string of the molecule is Cc1cccc(-n2nc(C(=O)N(C)C)c3c4ccc(Cl)cc4n(C)c3c2=O)c1. The second kappa shape index (κ2) is 6.49. The van der Waals surface area contributed by atoms with Gasteiger partial charge in [-0.25, -0.2) is 0 Å². The number of aryl methyl sites for hydroxylation is 2. The number of benzene rings is 2. The fourth-order valence-corrected chi connectivity index (χ4v) is 3.66. The minimum Gasteiger partial charge on any atom is -0.343 e. The molecule has 4 rings (SSSR count). The zero-order valence-electron chi connectivity index (χ0n) is 16.0. The molecule has 0 fully saturated rings. The first-order valence-electron chi connectivity index (χ1n) is 8.79. The minimum absolute atomic E-state index is 0.231. The number of carbonyl (C=O) groups is 1. The fraction of sp³-hybridized carbons (Fsp3) is 0.190. The number of fused-ring (bicyclic) bond motifs is 3. The standard InChI is InChI=1S/C21H19ClN4O2/c1-12-6-5-7-14(10-12)26-21(28)19-17(18(23-26)20(27)24(2)3)15-9-8-13(22)11-16(15)25(19)4/h5-11H,1-4H3. The van der Waals surface area contributed by atoms with E-state index >= 15 is 0 Å². The third-order valence-corrected chi connectivity index (χ3v) is 5.08. The quantitative estimate of drug-likeness (QED) is 0.522. The summed E-state index contributed by atoms with van der Waals surface area (Å²) in [7, 11) is 5.13. The van der Waals surface area contributed by atoms with E-state index in [1.807, 2.05) is 31.2 Å². The van der Waals surface area contributed by atoms with Crippen molar-refractivity contribution in [3.05, 3.63) is 69.1 Å². The topological polar surface area (TPSA) is 60.1 Å². The largest absolute Gasteiger partial charge is 0.343 e. The average Bonchev–Trinajstić information content (AvgIpc) is 2.94. The summed E-state index contributed by atoms with van der Waals surface area (Å²) in [6.07, 6.45) is 0. The van der Waals surface area contributed by atoms with Crippen LogP contribution in [0.2, 0.25) is 5.02 Å². The van der Waals surface area contributed by atoms with Gasteiger partial charge in [-0.2, -0.15) is 9.78 Å². The van der Waals surface area contributed by atoms with Gasteiger partial charge in [0.15, 0.2) is 5.69 Å². The van der Waals surface area contributed by atoms with E-state index in [1.165, 1.54) is 9.58 Å². The monoisotopic (exact) mass is 394 g/mol. The Balaban J connectivity index is 2.22. The van der Waals surface area contributed by atoms with Crippen LogP contribution < -0.4 is 5.56 Å². The molecule has 6 nitrogen and oxygen atoms in total. The van der Waals surface area contributed by atoms with Gasteiger partial charge in [0, 0.05) is 36.9 Å². The maximum Gasteiger partial charge on any atom is 0.296 e. The highest BCUT2D eigenvalue weighted by Gasteiger charge is 2.24. The molecular weight excluding hydrogens is 376 g/mol. The number of amides is 1. The number of hydrogen-bond acceptors (Lipinski definition) is 3. The van der Waals surface area contributed by atoms with Crippen molar-refractivity contribution in [1.29, 1.82) is 0 Å². The van der Waals surface area contributed by atoms with Crippen molar-refractivity contribution in [3.63, 3.8) is 0 Å². The molecule has 1 amide bonds. The van der Waals surface area contributed by atoms with Crippen LogP contribution >= 0.6 is 11.6 Å². The molecule has 2 aromatic heterocycles. The van der Waals surface area contributed by atoms with Gasteiger partial charge in [-0.3, -0.25) is 9.59 Å². The summed E-state index contributed by atoms with van der Waals surface area (Å²) in [5, 5.41) is 6.36. The van der Waals surface area contributed by atoms with Gasteiger partial charge in [0.05, 0.1) is 11.2 Å². The molecule has 0 bridgehead atoms. The Morgan fingerprint density at radius 3 is 2.57 bits per heavy atom. The lowest BCUT2D eigenvalue weighted by molar-refractivity contribution is 0.0822. The highest BCUT2D eigenvalue weighted by Crippen LogP contribution is 2.30. The minimum atomic E-state index is -0.286. The summed E-state index contributed by atoms with van der Waals surface area (Å²) in [4.78, 5) is 27.8. The van der Waals surface area contributed by atoms with E-state index in [1.54, 1.807) is 43.9 Å². The van der Waals surface area contributed by atoms with E-state index in [0.717, 1.165) is 16.5 Å². The van der Waals surface area contributed by atoms with Crippen molar-refractivity contribution < 1.29 is 4.79 Å². The van der Waals surface area contributed by atoms with Gasteiger partial charge in [-0.1, -0.05) is 29.8 Å². The Bertz CT molecular complexity index is 1320. The maximum absolute atomic E-state index is 13.4.